The largest absolute Gasteiger partial charge is 0.361 e. The van der Waals surface area contributed by atoms with Crippen LogP contribution >= 0.6 is 12.4 Å². The van der Waals surface area contributed by atoms with Gasteiger partial charge in [0.2, 0.25) is 0 Å². The second kappa shape index (κ2) is 6.04. The molecule has 0 radical (unpaired) electrons. The van der Waals surface area contributed by atoms with Crippen LogP contribution in [0.1, 0.15) is 26.7 Å². The molecule has 90 valence electrons. The summed E-state index contributed by atoms with van der Waals surface area (Å²) in [4.78, 5) is 2.53. The molecule has 0 aromatic heterocycles. The maximum absolute atomic E-state index is 5.76. The highest BCUT2D eigenvalue weighted by Crippen LogP contribution is 2.22. The maximum atomic E-state index is 5.76. The van der Waals surface area contributed by atoms with Crippen LogP contribution in [0.2, 0.25) is 0 Å². The zero-order valence-electron chi connectivity index (χ0n) is 9.74. The van der Waals surface area contributed by atoms with Gasteiger partial charge in [-0.1, -0.05) is 6.92 Å². The number of hydrogen-bond donors (Lipinski definition) is 1. The fourth-order valence-corrected chi connectivity index (χ4v) is 2.52. The first kappa shape index (κ1) is 13.2. The Bertz CT molecular complexity index is 191. The number of hydrogen-bond acceptors (Lipinski definition) is 3. The van der Waals surface area contributed by atoms with Gasteiger partial charge < -0.3 is 9.64 Å². The molecular weight excluding hydrogens is 212 g/mol. The summed E-state index contributed by atoms with van der Waals surface area (Å²) in [6.07, 6.45) is 2.97. The molecule has 3 unspecified atom stereocenters. The molecule has 3 atom stereocenters. The predicted molar refractivity (Wildman–Crippen MR) is 64.4 cm³/mol. The van der Waals surface area contributed by atoms with Gasteiger partial charge in [0.1, 0.15) is 6.23 Å². The SMILES string of the molecule is CCN1CCCC(C2NC(C)CO2)C1.Cl. The van der Waals surface area contributed by atoms with Crippen molar-refractivity contribution in [2.45, 2.75) is 39.0 Å². The molecule has 0 amide bonds. The van der Waals surface area contributed by atoms with Gasteiger partial charge in [-0.15, -0.1) is 12.4 Å². The van der Waals surface area contributed by atoms with E-state index in [1.165, 1.54) is 32.5 Å². The number of halogens is 1. The molecule has 15 heavy (non-hydrogen) atoms. The van der Waals surface area contributed by atoms with E-state index in [-0.39, 0.29) is 12.4 Å². The lowest BCUT2D eigenvalue weighted by molar-refractivity contribution is 0.0171. The Labute approximate surface area is 99.0 Å². The topological polar surface area (TPSA) is 24.5 Å². The molecule has 0 aromatic rings. The number of piperidine rings is 1. The van der Waals surface area contributed by atoms with Crippen LogP contribution in [0.25, 0.3) is 0 Å². The molecular formula is C11H23ClN2O. The predicted octanol–water partition coefficient (Wildman–Crippen LogP) is 1.47. The van der Waals surface area contributed by atoms with Crippen LogP contribution in [0.4, 0.5) is 0 Å². The second-order valence-corrected chi connectivity index (χ2v) is 4.62. The fraction of sp³-hybridized carbons (Fsp3) is 1.00. The van der Waals surface area contributed by atoms with Gasteiger partial charge >= 0.3 is 0 Å². The van der Waals surface area contributed by atoms with E-state index in [1.807, 2.05) is 0 Å². The van der Waals surface area contributed by atoms with Crippen molar-refractivity contribution in [2.24, 2.45) is 5.92 Å². The van der Waals surface area contributed by atoms with Crippen molar-refractivity contribution in [1.82, 2.24) is 10.2 Å². The van der Waals surface area contributed by atoms with E-state index in [0.717, 1.165) is 6.61 Å². The first-order valence-corrected chi connectivity index (χ1v) is 5.89. The number of nitrogens with one attached hydrogen (secondary N) is 1. The van der Waals surface area contributed by atoms with E-state index in [2.05, 4.69) is 24.1 Å². The Morgan fingerprint density at radius 1 is 1.47 bits per heavy atom. The van der Waals surface area contributed by atoms with Crippen LogP contribution in [-0.4, -0.2) is 43.4 Å². The molecule has 0 aliphatic carbocycles. The summed E-state index contributed by atoms with van der Waals surface area (Å²) in [6, 6.07) is 0.539. The molecule has 0 bridgehead atoms. The highest BCUT2D eigenvalue weighted by Gasteiger charge is 2.31. The molecule has 2 heterocycles. The molecule has 2 aliphatic rings. The quantitative estimate of drug-likeness (QED) is 0.784. The summed E-state index contributed by atoms with van der Waals surface area (Å²) in [5.74, 6) is 0.702. The van der Waals surface area contributed by atoms with Crippen LogP contribution in [0, 0.1) is 5.92 Å². The van der Waals surface area contributed by atoms with E-state index < -0.39 is 0 Å². The minimum atomic E-state index is 0. The first-order valence-electron chi connectivity index (χ1n) is 5.89. The Balaban J connectivity index is 0.00000112. The lowest BCUT2D eigenvalue weighted by atomic mass is 9.96. The van der Waals surface area contributed by atoms with Crippen LogP contribution in [0.3, 0.4) is 0 Å². The smallest absolute Gasteiger partial charge is 0.112 e. The molecule has 0 spiro atoms. The van der Waals surface area contributed by atoms with E-state index >= 15 is 0 Å². The zero-order valence-corrected chi connectivity index (χ0v) is 10.6. The summed E-state index contributed by atoms with van der Waals surface area (Å²) in [5, 5.41) is 3.52. The molecule has 2 rings (SSSR count). The third-order valence-electron chi connectivity index (χ3n) is 3.39. The van der Waals surface area contributed by atoms with Gasteiger partial charge in [0, 0.05) is 18.5 Å². The Morgan fingerprint density at radius 3 is 2.87 bits per heavy atom. The molecule has 3 nitrogen and oxygen atoms in total. The van der Waals surface area contributed by atoms with Crippen LogP contribution in [0.5, 0.6) is 0 Å². The van der Waals surface area contributed by atoms with Crippen LogP contribution < -0.4 is 5.32 Å². The number of likely N-dealkylation sites (tertiary alicyclic amines) is 1. The van der Waals surface area contributed by atoms with Gasteiger partial charge in [-0.3, -0.25) is 5.32 Å². The lowest BCUT2D eigenvalue weighted by Gasteiger charge is -2.34. The van der Waals surface area contributed by atoms with E-state index in [9.17, 15) is 0 Å². The van der Waals surface area contributed by atoms with E-state index in [4.69, 9.17) is 4.74 Å². The standard InChI is InChI=1S/C11H22N2O.ClH/c1-3-13-6-4-5-10(7-13)11-12-9(2)8-14-11;/h9-12H,3-8H2,1-2H3;1H. The molecule has 2 saturated heterocycles. The van der Waals surface area contributed by atoms with Gasteiger partial charge in [0.05, 0.1) is 6.61 Å². The maximum Gasteiger partial charge on any atom is 0.112 e. The van der Waals surface area contributed by atoms with E-state index in [0.29, 0.717) is 18.2 Å². The second-order valence-electron chi connectivity index (χ2n) is 4.62. The summed E-state index contributed by atoms with van der Waals surface area (Å²) in [6.45, 7) is 8.98. The monoisotopic (exact) mass is 234 g/mol. The molecule has 2 fully saturated rings. The molecule has 1 N–H and O–H groups in total. The van der Waals surface area contributed by atoms with Crippen LogP contribution in [0.15, 0.2) is 0 Å². The van der Waals surface area contributed by atoms with E-state index in [1.54, 1.807) is 0 Å². The fourth-order valence-electron chi connectivity index (χ4n) is 2.52. The van der Waals surface area contributed by atoms with Gasteiger partial charge in [-0.05, 0) is 32.9 Å². The first-order chi connectivity index (χ1) is 6.79. The highest BCUT2D eigenvalue weighted by molar-refractivity contribution is 5.85. The Morgan fingerprint density at radius 2 is 2.27 bits per heavy atom. The van der Waals surface area contributed by atoms with Gasteiger partial charge in [-0.2, -0.15) is 0 Å². The lowest BCUT2D eigenvalue weighted by Crippen LogP contribution is -2.44. The Hall–Kier alpha value is 0.170. The zero-order chi connectivity index (χ0) is 9.97. The molecule has 2 aliphatic heterocycles. The van der Waals surface area contributed by atoms with Crippen molar-refractivity contribution in [1.29, 1.82) is 0 Å². The van der Waals surface area contributed by atoms with Gasteiger partial charge in [0.25, 0.3) is 0 Å². The van der Waals surface area contributed by atoms with Crippen molar-refractivity contribution >= 4 is 12.4 Å². The number of ether oxygens (including phenoxy) is 1. The Kier molecular flexibility index (Phi) is 5.33. The van der Waals surface area contributed by atoms with Gasteiger partial charge in [0.15, 0.2) is 0 Å². The normalized spacial score (nSPS) is 37.6. The number of nitrogens with zero attached hydrogens (tertiary/aromatic N) is 1. The number of rotatable bonds is 2. The van der Waals surface area contributed by atoms with Crippen molar-refractivity contribution in [3.63, 3.8) is 0 Å². The summed E-state index contributed by atoms with van der Waals surface area (Å²) >= 11 is 0. The summed E-state index contributed by atoms with van der Waals surface area (Å²) < 4.78 is 5.76. The average molecular weight is 235 g/mol. The molecule has 0 saturated carbocycles. The van der Waals surface area contributed by atoms with Crippen LogP contribution in [-0.2, 0) is 4.74 Å². The van der Waals surface area contributed by atoms with Crippen molar-refractivity contribution in [2.75, 3.05) is 26.2 Å². The van der Waals surface area contributed by atoms with Gasteiger partial charge in [-0.25, -0.2) is 0 Å². The third kappa shape index (κ3) is 3.31. The minimum absolute atomic E-state index is 0. The summed E-state index contributed by atoms with van der Waals surface area (Å²) in [5.41, 5.74) is 0. The average Bonchev–Trinajstić information content (AvgIpc) is 2.65. The molecule has 4 heteroatoms. The van der Waals surface area contributed by atoms with Crippen molar-refractivity contribution in [3.8, 4) is 0 Å². The third-order valence-corrected chi connectivity index (χ3v) is 3.39. The summed E-state index contributed by atoms with van der Waals surface area (Å²) in [7, 11) is 0. The molecule has 0 aromatic carbocycles. The van der Waals surface area contributed by atoms with Crippen molar-refractivity contribution in [3.05, 3.63) is 0 Å². The van der Waals surface area contributed by atoms with Crippen molar-refractivity contribution < 1.29 is 4.74 Å². The minimum Gasteiger partial charge on any atom is -0.361 e. The highest BCUT2D eigenvalue weighted by atomic mass is 35.5.